The largest absolute Gasteiger partial charge is 0.301 e. The van der Waals surface area contributed by atoms with Crippen molar-refractivity contribution in [3.8, 4) is 0 Å². The highest BCUT2D eigenvalue weighted by Gasteiger charge is 2.29. The van der Waals surface area contributed by atoms with E-state index in [0.717, 1.165) is 19.6 Å². The predicted molar refractivity (Wildman–Crippen MR) is 86.2 cm³/mol. The molecular formula is C15H23ClN2O2S. The second-order valence-corrected chi connectivity index (χ2v) is 7.70. The Bertz CT molecular complexity index is 555. The first kappa shape index (κ1) is 16.7. The normalized spacial score (nSPS) is 18.0. The van der Waals surface area contributed by atoms with Gasteiger partial charge in [-0.25, -0.2) is 8.42 Å². The van der Waals surface area contributed by atoms with Crippen molar-refractivity contribution in [1.29, 1.82) is 0 Å². The number of sulfonamides is 1. The molecule has 1 saturated heterocycles. The summed E-state index contributed by atoms with van der Waals surface area (Å²) in [6, 6.07) is 6.65. The van der Waals surface area contributed by atoms with Crippen molar-refractivity contribution in [2.75, 3.05) is 32.7 Å². The van der Waals surface area contributed by atoms with Crippen molar-refractivity contribution in [3.63, 3.8) is 0 Å². The number of nitrogens with zero attached hydrogens (tertiary/aromatic N) is 2. The van der Waals surface area contributed by atoms with Crippen LogP contribution < -0.4 is 0 Å². The third-order valence-electron chi connectivity index (χ3n) is 3.86. The van der Waals surface area contributed by atoms with Gasteiger partial charge in [-0.3, -0.25) is 0 Å². The molecule has 0 saturated carbocycles. The molecule has 0 aromatic heterocycles. The maximum Gasteiger partial charge on any atom is 0.244 e. The van der Waals surface area contributed by atoms with Gasteiger partial charge in [0.1, 0.15) is 4.90 Å². The molecule has 1 fully saturated rings. The Balaban J connectivity index is 1.97. The standard InChI is InChI=1S/C15H23ClN2O2S/c1-2-3-6-9-17-10-12-18(13-11-17)21(19,20)15-8-5-4-7-14(15)16/h4-5,7-8H,2-3,6,9-13H2,1H3. The molecule has 1 heterocycles. The number of piperazine rings is 1. The summed E-state index contributed by atoms with van der Waals surface area (Å²) in [5, 5.41) is 0.294. The quantitative estimate of drug-likeness (QED) is 0.753. The zero-order valence-electron chi connectivity index (χ0n) is 12.5. The van der Waals surface area contributed by atoms with Crippen molar-refractivity contribution in [2.24, 2.45) is 0 Å². The lowest BCUT2D eigenvalue weighted by Gasteiger charge is -2.34. The third kappa shape index (κ3) is 4.19. The van der Waals surface area contributed by atoms with Crippen LogP contribution in [0.4, 0.5) is 0 Å². The highest BCUT2D eigenvalue weighted by Crippen LogP contribution is 2.24. The fourth-order valence-corrected chi connectivity index (χ4v) is 4.49. The summed E-state index contributed by atoms with van der Waals surface area (Å²) >= 11 is 6.02. The third-order valence-corrected chi connectivity index (χ3v) is 6.26. The molecule has 6 heteroatoms. The smallest absolute Gasteiger partial charge is 0.244 e. The molecule has 0 spiro atoms. The number of halogens is 1. The van der Waals surface area contributed by atoms with Crippen LogP contribution in [0.25, 0.3) is 0 Å². The summed E-state index contributed by atoms with van der Waals surface area (Å²) in [7, 11) is -3.47. The Morgan fingerprint density at radius 2 is 1.76 bits per heavy atom. The van der Waals surface area contributed by atoms with Crippen LogP contribution in [0.2, 0.25) is 5.02 Å². The topological polar surface area (TPSA) is 40.6 Å². The van der Waals surface area contributed by atoms with Crippen LogP contribution in [0.5, 0.6) is 0 Å². The van der Waals surface area contributed by atoms with Crippen molar-refractivity contribution in [3.05, 3.63) is 29.3 Å². The van der Waals surface area contributed by atoms with E-state index in [4.69, 9.17) is 11.6 Å². The highest BCUT2D eigenvalue weighted by molar-refractivity contribution is 7.89. The van der Waals surface area contributed by atoms with Crippen LogP contribution >= 0.6 is 11.6 Å². The van der Waals surface area contributed by atoms with Crippen molar-refractivity contribution in [2.45, 2.75) is 31.1 Å². The van der Waals surface area contributed by atoms with Gasteiger partial charge < -0.3 is 4.90 Å². The molecule has 0 amide bonds. The Hall–Kier alpha value is -0.620. The molecule has 1 aromatic rings. The van der Waals surface area contributed by atoms with E-state index in [1.165, 1.54) is 19.3 Å². The highest BCUT2D eigenvalue weighted by atomic mass is 35.5. The molecular weight excluding hydrogens is 308 g/mol. The van der Waals surface area contributed by atoms with Crippen molar-refractivity contribution in [1.82, 2.24) is 9.21 Å². The lowest BCUT2D eigenvalue weighted by Crippen LogP contribution is -2.48. The zero-order chi connectivity index (χ0) is 15.3. The number of unbranched alkanes of at least 4 members (excludes halogenated alkanes) is 2. The van der Waals surface area contributed by atoms with E-state index in [9.17, 15) is 8.42 Å². The molecule has 0 bridgehead atoms. The average molecular weight is 331 g/mol. The molecule has 118 valence electrons. The molecule has 1 aromatic carbocycles. The van der Waals surface area contributed by atoms with E-state index >= 15 is 0 Å². The zero-order valence-corrected chi connectivity index (χ0v) is 14.0. The first-order valence-corrected chi connectivity index (χ1v) is 9.34. The Morgan fingerprint density at radius 1 is 1.10 bits per heavy atom. The summed E-state index contributed by atoms with van der Waals surface area (Å²) in [5.74, 6) is 0. The van der Waals surface area contributed by atoms with E-state index in [1.54, 1.807) is 28.6 Å². The van der Waals surface area contributed by atoms with Gasteiger partial charge in [-0.05, 0) is 25.1 Å². The van der Waals surface area contributed by atoms with Gasteiger partial charge in [-0.15, -0.1) is 0 Å². The molecule has 0 radical (unpaired) electrons. The lowest BCUT2D eigenvalue weighted by molar-refractivity contribution is 0.185. The van der Waals surface area contributed by atoms with Gasteiger partial charge >= 0.3 is 0 Å². The number of benzene rings is 1. The van der Waals surface area contributed by atoms with Crippen LogP contribution in [0, 0.1) is 0 Å². The molecule has 21 heavy (non-hydrogen) atoms. The molecule has 0 atom stereocenters. The lowest BCUT2D eigenvalue weighted by atomic mass is 10.2. The van der Waals surface area contributed by atoms with Gasteiger partial charge in [0.2, 0.25) is 10.0 Å². The molecule has 0 aliphatic carbocycles. The summed E-state index contributed by atoms with van der Waals surface area (Å²) in [5.41, 5.74) is 0. The predicted octanol–water partition coefficient (Wildman–Crippen LogP) is 2.84. The first-order chi connectivity index (χ1) is 10.1. The molecule has 0 unspecified atom stereocenters. The fourth-order valence-electron chi connectivity index (χ4n) is 2.57. The molecule has 0 N–H and O–H groups in total. The fraction of sp³-hybridized carbons (Fsp3) is 0.600. The second-order valence-electron chi connectivity index (χ2n) is 5.38. The van der Waals surface area contributed by atoms with Gasteiger partial charge in [-0.1, -0.05) is 43.5 Å². The maximum absolute atomic E-state index is 12.6. The van der Waals surface area contributed by atoms with E-state index < -0.39 is 10.0 Å². The van der Waals surface area contributed by atoms with E-state index in [-0.39, 0.29) is 4.90 Å². The van der Waals surface area contributed by atoms with Gasteiger partial charge in [0.15, 0.2) is 0 Å². The molecule has 4 nitrogen and oxygen atoms in total. The van der Waals surface area contributed by atoms with Crippen LogP contribution in [-0.4, -0.2) is 50.3 Å². The van der Waals surface area contributed by atoms with E-state index in [1.807, 2.05) is 0 Å². The molecule has 2 rings (SSSR count). The van der Waals surface area contributed by atoms with E-state index in [2.05, 4.69) is 11.8 Å². The van der Waals surface area contributed by atoms with Gasteiger partial charge in [0.25, 0.3) is 0 Å². The first-order valence-electron chi connectivity index (χ1n) is 7.52. The summed E-state index contributed by atoms with van der Waals surface area (Å²) in [6.07, 6.45) is 3.63. The maximum atomic E-state index is 12.6. The Labute approximate surface area is 132 Å². The second kappa shape index (κ2) is 7.58. The Morgan fingerprint density at radius 3 is 2.38 bits per heavy atom. The SMILES string of the molecule is CCCCCN1CCN(S(=O)(=O)c2ccccc2Cl)CC1. The van der Waals surface area contributed by atoms with E-state index in [0.29, 0.717) is 18.1 Å². The summed E-state index contributed by atoms with van der Waals surface area (Å²) < 4.78 is 26.7. The minimum absolute atomic E-state index is 0.214. The minimum Gasteiger partial charge on any atom is -0.301 e. The van der Waals surface area contributed by atoms with Crippen LogP contribution in [0.15, 0.2) is 29.2 Å². The average Bonchev–Trinajstić information content (AvgIpc) is 2.48. The van der Waals surface area contributed by atoms with Gasteiger partial charge in [0.05, 0.1) is 5.02 Å². The summed E-state index contributed by atoms with van der Waals surface area (Å²) in [4.78, 5) is 2.56. The van der Waals surface area contributed by atoms with Crippen LogP contribution in [0.3, 0.4) is 0 Å². The van der Waals surface area contributed by atoms with Crippen LogP contribution in [-0.2, 0) is 10.0 Å². The van der Waals surface area contributed by atoms with Gasteiger partial charge in [-0.2, -0.15) is 4.31 Å². The number of hydrogen-bond donors (Lipinski definition) is 0. The summed E-state index contributed by atoms with van der Waals surface area (Å²) in [6.45, 7) is 5.93. The van der Waals surface area contributed by atoms with Crippen molar-refractivity contribution < 1.29 is 8.42 Å². The van der Waals surface area contributed by atoms with Gasteiger partial charge in [0, 0.05) is 26.2 Å². The number of rotatable bonds is 6. The monoisotopic (exact) mass is 330 g/mol. The minimum atomic E-state index is -3.47. The molecule has 1 aliphatic rings. The number of hydrogen-bond acceptors (Lipinski definition) is 3. The molecule has 1 aliphatic heterocycles. The van der Waals surface area contributed by atoms with Crippen LogP contribution in [0.1, 0.15) is 26.2 Å². The Kier molecular flexibility index (Phi) is 6.05. The van der Waals surface area contributed by atoms with Crippen molar-refractivity contribution >= 4 is 21.6 Å².